The second-order valence-electron chi connectivity index (χ2n) is 8.02. The van der Waals surface area contributed by atoms with E-state index >= 15 is 0 Å². The zero-order chi connectivity index (χ0) is 23.5. The molecule has 33 heavy (non-hydrogen) atoms. The molecule has 0 radical (unpaired) electrons. The molecule has 0 fully saturated rings. The van der Waals surface area contributed by atoms with Crippen molar-refractivity contribution in [2.45, 2.75) is 20.8 Å². The van der Waals surface area contributed by atoms with Crippen molar-refractivity contribution in [2.24, 2.45) is 0 Å². The van der Waals surface area contributed by atoms with Crippen LogP contribution < -0.4 is 14.8 Å². The summed E-state index contributed by atoms with van der Waals surface area (Å²) in [7, 11) is 3.23. The van der Waals surface area contributed by atoms with Gasteiger partial charge in [-0.25, -0.2) is 0 Å². The molecule has 1 amide bonds. The van der Waals surface area contributed by atoms with Gasteiger partial charge in [-0.05, 0) is 67.8 Å². The molecular weight excluding hydrogens is 412 g/mol. The first kappa shape index (κ1) is 22.2. The molecule has 3 aromatic carbocycles. The maximum Gasteiger partial charge on any atom is 0.257 e. The number of nitrogens with zero attached hydrogens (tertiary/aromatic N) is 1. The highest BCUT2D eigenvalue weighted by molar-refractivity contribution is 6.06. The number of carbonyl (C=O) groups excluding carboxylic acids is 1. The molecule has 4 rings (SSSR count). The third-order valence-corrected chi connectivity index (χ3v) is 5.95. The van der Waals surface area contributed by atoms with E-state index in [1.807, 2.05) is 86.6 Å². The molecule has 0 bridgehead atoms. The molecule has 168 valence electrons. The van der Waals surface area contributed by atoms with Crippen LogP contribution in [0.5, 0.6) is 11.5 Å². The van der Waals surface area contributed by atoms with Crippen molar-refractivity contribution in [3.63, 3.8) is 0 Å². The number of benzene rings is 3. The topological polar surface area (TPSA) is 52.5 Å². The van der Waals surface area contributed by atoms with Crippen LogP contribution in [-0.4, -0.2) is 24.7 Å². The van der Waals surface area contributed by atoms with Crippen molar-refractivity contribution in [3.8, 4) is 28.4 Å². The maximum absolute atomic E-state index is 13.3. The Morgan fingerprint density at radius 2 is 1.52 bits per heavy atom. The van der Waals surface area contributed by atoms with Gasteiger partial charge >= 0.3 is 0 Å². The number of carbonyl (C=O) groups is 1. The summed E-state index contributed by atoms with van der Waals surface area (Å²) in [5, 5.41) is 3.05. The monoisotopic (exact) mass is 440 g/mol. The van der Waals surface area contributed by atoms with Gasteiger partial charge in [0.1, 0.15) is 0 Å². The molecule has 0 unspecified atom stereocenters. The molecule has 0 spiro atoms. The number of hydrogen-bond acceptors (Lipinski definition) is 3. The Hall–Kier alpha value is -3.99. The van der Waals surface area contributed by atoms with Crippen LogP contribution >= 0.6 is 0 Å². The number of anilines is 1. The highest BCUT2D eigenvalue weighted by Crippen LogP contribution is 2.34. The van der Waals surface area contributed by atoms with Crippen molar-refractivity contribution in [2.75, 3.05) is 19.5 Å². The van der Waals surface area contributed by atoms with Crippen LogP contribution in [0.4, 0.5) is 5.69 Å². The Labute approximate surface area is 194 Å². The summed E-state index contributed by atoms with van der Waals surface area (Å²) in [5.74, 6) is 1.13. The van der Waals surface area contributed by atoms with Crippen molar-refractivity contribution < 1.29 is 14.3 Å². The Morgan fingerprint density at radius 3 is 2.18 bits per heavy atom. The van der Waals surface area contributed by atoms with E-state index in [-0.39, 0.29) is 5.91 Å². The zero-order valence-electron chi connectivity index (χ0n) is 19.6. The fraction of sp³-hybridized carbons (Fsp3) is 0.179. The first-order chi connectivity index (χ1) is 15.9. The number of amides is 1. The van der Waals surface area contributed by atoms with Crippen molar-refractivity contribution in [1.29, 1.82) is 0 Å². The molecule has 1 aromatic heterocycles. The Kier molecular flexibility index (Phi) is 6.22. The van der Waals surface area contributed by atoms with Crippen LogP contribution in [0.15, 0.2) is 72.8 Å². The highest BCUT2D eigenvalue weighted by atomic mass is 16.5. The van der Waals surface area contributed by atoms with E-state index in [1.165, 1.54) is 5.56 Å². The molecule has 0 saturated heterocycles. The predicted molar refractivity (Wildman–Crippen MR) is 133 cm³/mol. The standard InChI is InChI=1S/C28H28N2O3/c1-18-11-12-22(15-19(18)2)29-28(31)24-17-25(21-9-7-6-8-10-21)30(20(24)3)23-13-14-26(32-4)27(16-23)33-5/h6-17H,1-5H3,(H,29,31). The maximum atomic E-state index is 13.3. The van der Waals surface area contributed by atoms with Gasteiger partial charge in [-0.15, -0.1) is 0 Å². The second-order valence-corrected chi connectivity index (χ2v) is 8.02. The number of rotatable bonds is 6. The van der Waals surface area contributed by atoms with E-state index < -0.39 is 0 Å². The van der Waals surface area contributed by atoms with E-state index in [0.717, 1.165) is 33.9 Å². The van der Waals surface area contributed by atoms with Gasteiger partial charge in [0.15, 0.2) is 11.5 Å². The smallest absolute Gasteiger partial charge is 0.257 e. The van der Waals surface area contributed by atoms with Gasteiger partial charge in [0.25, 0.3) is 5.91 Å². The summed E-state index contributed by atoms with van der Waals surface area (Å²) in [5.41, 5.74) is 7.37. The van der Waals surface area contributed by atoms with E-state index in [4.69, 9.17) is 9.47 Å². The molecule has 0 aliphatic carbocycles. The zero-order valence-corrected chi connectivity index (χ0v) is 19.6. The Balaban J connectivity index is 1.82. The van der Waals surface area contributed by atoms with Crippen molar-refractivity contribution in [1.82, 2.24) is 4.57 Å². The molecule has 0 atom stereocenters. The van der Waals surface area contributed by atoms with E-state index in [1.54, 1.807) is 14.2 Å². The lowest BCUT2D eigenvalue weighted by molar-refractivity contribution is 0.102. The summed E-state index contributed by atoms with van der Waals surface area (Å²) < 4.78 is 13.0. The minimum absolute atomic E-state index is 0.146. The molecule has 1 heterocycles. The summed E-state index contributed by atoms with van der Waals surface area (Å²) >= 11 is 0. The average molecular weight is 441 g/mol. The number of aromatic nitrogens is 1. The van der Waals surface area contributed by atoms with Gasteiger partial charge in [0.2, 0.25) is 0 Å². The highest BCUT2D eigenvalue weighted by Gasteiger charge is 2.21. The van der Waals surface area contributed by atoms with Gasteiger partial charge in [-0.1, -0.05) is 36.4 Å². The van der Waals surface area contributed by atoms with Gasteiger partial charge in [-0.2, -0.15) is 0 Å². The molecule has 0 aliphatic rings. The fourth-order valence-corrected chi connectivity index (χ4v) is 3.97. The van der Waals surface area contributed by atoms with Crippen molar-refractivity contribution in [3.05, 3.63) is 95.2 Å². The number of hydrogen-bond donors (Lipinski definition) is 1. The molecule has 1 N–H and O–H groups in total. The van der Waals surface area contributed by atoms with Crippen LogP contribution in [0, 0.1) is 20.8 Å². The summed E-state index contributed by atoms with van der Waals surface area (Å²) in [6.45, 7) is 6.05. The average Bonchev–Trinajstić information content (AvgIpc) is 3.18. The molecule has 4 aromatic rings. The van der Waals surface area contributed by atoms with E-state index in [0.29, 0.717) is 17.1 Å². The van der Waals surface area contributed by atoms with E-state index in [2.05, 4.69) is 16.8 Å². The lowest BCUT2D eigenvalue weighted by atomic mass is 10.1. The van der Waals surface area contributed by atoms with E-state index in [9.17, 15) is 4.79 Å². The third-order valence-electron chi connectivity index (χ3n) is 5.95. The van der Waals surface area contributed by atoms with Crippen LogP contribution in [0.2, 0.25) is 0 Å². The van der Waals surface area contributed by atoms with Crippen LogP contribution in [0.1, 0.15) is 27.2 Å². The SMILES string of the molecule is COc1ccc(-n2c(-c3ccccc3)cc(C(=O)Nc3ccc(C)c(C)c3)c2C)cc1OC. The number of nitrogens with one attached hydrogen (secondary N) is 1. The quantitative estimate of drug-likeness (QED) is 0.381. The first-order valence-corrected chi connectivity index (χ1v) is 10.8. The number of aryl methyl sites for hydroxylation is 2. The lowest BCUT2D eigenvalue weighted by Crippen LogP contribution is -2.13. The van der Waals surface area contributed by atoms with Gasteiger partial charge in [0, 0.05) is 23.1 Å². The third kappa shape index (κ3) is 4.35. The second kappa shape index (κ2) is 9.25. The number of methoxy groups -OCH3 is 2. The van der Waals surface area contributed by atoms with Crippen molar-refractivity contribution >= 4 is 11.6 Å². The van der Waals surface area contributed by atoms with Crippen LogP contribution in [0.25, 0.3) is 16.9 Å². The fourth-order valence-electron chi connectivity index (χ4n) is 3.97. The Bertz CT molecular complexity index is 1310. The summed E-state index contributed by atoms with van der Waals surface area (Å²) in [6.07, 6.45) is 0. The molecule has 0 aliphatic heterocycles. The first-order valence-electron chi connectivity index (χ1n) is 10.8. The Morgan fingerprint density at radius 1 is 0.788 bits per heavy atom. The molecule has 0 saturated carbocycles. The predicted octanol–water partition coefficient (Wildman–Crippen LogP) is 6.34. The van der Waals surface area contributed by atoms with Gasteiger partial charge in [0.05, 0.1) is 25.5 Å². The minimum Gasteiger partial charge on any atom is -0.493 e. The molecule has 5 nitrogen and oxygen atoms in total. The summed E-state index contributed by atoms with van der Waals surface area (Å²) in [4.78, 5) is 13.3. The van der Waals surface area contributed by atoms with Gasteiger partial charge < -0.3 is 19.4 Å². The van der Waals surface area contributed by atoms with Gasteiger partial charge in [-0.3, -0.25) is 4.79 Å². The lowest BCUT2D eigenvalue weighted by Gasteiger charge is -2.15. The normalized spacial score (nSPS) is 10.7. The van der Waals surface area contributed by atoms with Crippen LogP contribution in [0.3, 0.4) is 0 Å². The molecular formula is C28H28N2O3. The number of ether oxygens (including phenoxy) is 2. The summed E-state index contributed by atoms with van der Waals surface area (Å²) in [6, 6.07) is 23.7. The van der Waals surface area contributed by atoms with Crippen LogP contribution in [-0.2, 0) is 0 Å². The minimum atomic E-state index is -0.146. The largest absolute Gasteiger partial charge is 0.493 e. The molecule has 5 heteroatoms.